The predicted octanol–water partition coefficient (Wildman–Crippen LogP) is 2.96. The zero-order chi connectivity index (χ0) is 9.68. The Hall–Kier alpha value is -1.01. The van der Waals surface area contributed by atoms with Gasteiger partial charge in [0.2, 0.25) is 0 Å². The third-order valence-corrected chi connectivity index (χ3v) is 2.70. The molecule has 1 unspecified atom stereocenters. The molecule has 13 heavy (non-hydrogen) atoms. The van der Waals surface area contributed by atoms with Crippen LogP contribution < -0.4 is 5.32 Å². The average Bonchev–Trinajstić information content (AvgIpc) is 2.57. The van der Waals surface area contributed by atoms with Crippen LogP contribution in [-0.2, 0) is 0 Å². The number of nitrogens with one attached hydrogen (secondary N) is 1. The second kappa shape index (κ2) is 4.88. The van der Waals surface area contributed by atoms with Gasteiger partial charge in [-0.15, -0.1) is 0 Å². The maximum absolute atomic E-state index is 8.84. The minimum atomic E-state index is 0.0971. The average molecular weight is 194 g/mol. The van der Waals surface area contributed by atoms with E-state index in [-0.39, 0.29) is 5.92 Å². The van der Waals surface area contributed by atoms with Crippen molar-refractivity contribution < 1.29 is 0 Å². The van der Waals surface area contributed by atoms with Crippen molar-refractivity contribution in [1.82, 2.24) is 0 Å². The molecule has 1 aromatic heterocycles. The molecule has 0 aliphatic heterocycles. The number of anilines is 1. The molecule has 0 amide bonds. The van der Waals surface area contributed by atoms with Crippen molar-refractivity contribution in [3.63, 3.8) is 0 Å². The number of rotatable bonds is 4. The summed E-state index contributed by atoms with van der Waals surface area (Å²) in [7, 11) is 0. The fourth-order valence-electron chi connectivity index (χ4n) is 1.02. The van der Waals surface area contributed by atoms with E-state index in [4.69, 9.17) is 5.26 Å². The minimum absolute atomic E-state index is 0.0971. The molecular formula is C10H14N2S. The lowest BCUT2D eigenvalue weighted by atomic mass is 9.98. The van der Waals surface area contributed by atoms with Crippen molar-refractivity contribution in [3.05, 3.63) is 16.8 Å². The van der Waals surface area contributed by atoms with Crippen molar-refractivity contribution in [2.75, 3.05) is 11.9 Å². The second-order valence-corrected chi connectivity index (χ2v) is 4.15. The Kier molecular flexibility index (Phi) is 3.78. The molecule has 1 rings (SSSR count). The van der Waals surface area contributed by atoms with Crippen LogP contribution >= 0.6 is 11.3 Å². The van der Waals surface area contributed by atoms with Crippen molar-refractivity contribution in [2.45, 2.75) is 13.8 Å². The molecule has 70 valence electrons. The Morgan fingerprint density at radius 1 is 1.62 bits per heavy atom. The van der Waals surface area contributed by atoms with Gasteiger partial charge in [0.15, 0.2) is 0 Å². The van der Waals surface area contributed by atoms with E-state index in [2.05, 4.69) is 30.6 Å². The Bertz CT molecular complexity index is 272. The van der Waals surface area contributed by atoms with Crippen LogP contribution in [0.2, 0.25) is 0 Å². The molecule has 1 atom stereocenters. The molecule has 1 N–H and O–H groups in total. The lowest BCUT2D eigenvalue weighted by Crippen LogP contribution is -2.17. The van der Waals surface area contributed by atoms with Crippen LogP contribution in [0.15, 0.2) is 16.8 Å². The molecule has 0 aliphatic carbocycles. The Balaban J connectivity index is 2.38. The van der Waals surface area contributed by atoms with Crippen molar-refractivity contribution in [1.29, 1.82) is 5.26 Å². The smallest absolute Gasteiger partial charge is 0.0677 e. The maximum atomic E-state index is 8.84. The molecule has 0 bridgehead atoms. The van der Waals surface area contributed by atoms with Gasteiger partial charge in [-0.25, -0.2) is 0 Å². The van der Waals surface area contributed by atoms with Gasteiger partial charge < -0.3 is 5.32 Å². The second-order valence-electron chi connectivity index (χ2n) is 3.37. The highest BCUT2D eigenvalue weighted by molar-refractivity contribution is 7.08. The summed E-state index contributed by atoms with van der Waals surface area (Å²) in [6.45, 7) is 4.89. The first-order valence-electron chi connectivity index (χ1n) is 4.39. The fourth-order valence-corrected chi connectivity index (χ4v) is 1.64. The molecule has 0 saturated heterocycles. The van der Waals surface area contributed by atoms with E-state index in [9.17, 15) is 0 Å². The van der Waals surface area contributed by atoms with E-state index in [1.54, 1.807) is 11.3 Å². The number of nitrogens with zero attached hydrogens (tertiary/aromatic N) is 1. The summed E-state index contributed by atoms with van der Waals surface area (Å²) >= 11 is 1.66. The van der Waals surface area contributed by atoms with Gasteiger partial charge in [0.05, 0.1) is 12.0 Å². The Morgan fingerprint density at radius 2 is 2.38 bits per heavy atom. The van der Waals surface area contributed by atoms with Gasteiger partial charge in [-0.2, -0.15) is 16.6 Å². The normalized spacial score (nSPS) is 12.5. The quantitative estimate of drug-likeness (QED) is 0.800. The molecule has 1 aromatic rings. The van der Waals surface area contributed by atoms with Crippen LogP contribution in [0.25, 0.3) is 0 Å². The first-order valence-corrected chi connectivity index (χ1v) is 5.34. The highest BCUT2D eigenvalue weighted by atomic mass is 32.1. The van der Waals surface area contributed by atoms with Crippen molar-refractivity contribution >= 4 is 17.0 Å². The summed E-state index contributed by atoms with van der Waals surface area (Å²) in [4.78, 5) is 0. The molecule has 0 saturated carbocycles. The van der Waals surface area contributed by atoms with E-state index in [0.29, 0.717) is 5.92 Å². The SMILES string of the molecule is CC(C)C(C#N)CNc1ccsc1. The fraction of sp³-hybridized carbons (Fsp3) is 0.500. The zero-order valence-electron chi connectivity index (χ0n) is 7.95. The summed E-state index contributed by atoms with van der Waals surface area (Å²) in [5.74, 6) is 0.510. The predicted molar refractivity (Wildman–Crippen MR) is 56.7 cm³/mol. The highest BCUT2D eigenvalue weighted by Gasteiger charge is 2.11. The van der Waals surface area contributed by atoms with E-state index in [1.165, 1.54) is 0 Å². The van der Waals surface area contributed by atoms with Crippen LogP contribution in [0.1, 0.15) is 13.8 Å². The molecule has 1 heterocycles. The first kappa shape index (κ1) is 10.1. The lowest BCUT2D eigenvalue weighted by Gasteiger charge is -2.13. The highest BCUT2D eigenvalue weighted by Crippen LogP contribution is 2.15. The van der Waals surface area contributed by atoms with Crippen LogP contribution in [0, 0.1) is 23.2 Å². The minimum Gasteiger partial charge on any atom is -0.383 e. The number of nitriles is 1. The van der Waals surface area contributed by atoms with Gasteiger partial charge in [-0.1, -0.05) is 13.8 Å². The third kappa shape index (κ3) is 3.08. The van der Waals surface area contributed by atoms with Gasteiger partial charge >= 0.3 is 0 Å². The summed E-state index contributed by atoms with van der Waals surface area (Å²) in [5.41, 5.74) is 1.12. The monoisotopic (exact) mass is 194 g/mol. The van der Waals surface area contributed by atoms with Crippen molar-refractivity contribution in [2.24, 2.45) is 11.8 Å². The molecule has 0 radical (unpaired) electrons. The van der Waals surface area contributed by atoms with Gasteiger partial charge in [-0.05, 0) is 17.4 Å². The number of thiophene rings is 1. The van der Waals surface area contributed by atoms with E-state index in [1.807, 2.05) is 11.4 Å². The van der Waals surface area contributed by atoms with Crippen LogP contribution in [0.5, 0.6) is 0 Å². The summed E-state index contributed by atoms with van der Waals surface area (Å²) in [6, 6.07) is 4.33. The van der Waals surface area contributed by atoms with Crippen LogP contribution in [0.3, 0.4) is 0 Å². The summed E-state index contributed by atoms with van der Waals surface area (Å²) < 4.78 is 0. The topological polar surface area (TPSA) is 35.8 Å². The van der Waals surface area contributed by atoms with E-state index < -0.39 is 0 Å². The molecule has 0 aliphatic rings. The summed E-state index contributed by atoms with van der Waals surface area (Å²) in [6.07, 6.45) is 0. The zero-order valence-corrected chi connectivity index (χ0v) is 8.77. The van der Waals surface area contributed by atoms with Crippen molar-refractivity contribution in [3.8, 4) is 6.07 Å². The molecule has 0 aromatic carbocycles. The van der Waals surface area contributed by atoms with Crippen LogP contribution in [-0.4, -0.2) is 6.54 Å². The van der Waals surface area contributed by atoms with Gasteiger partial charge in [0.25, 0.3) is 0 Å². The largest absolute Gasteiger partial charge is 0.383 e. The lowest BCUT2D eigenvalue weighted by molar-refractivity contribution is 0.496. The molecule has 2 nitrogen and oxygen atoms in total. The van der Waals surface area contributed by atoms with E-state index >= 15 is 0 Å². The third-order valence-electron chi connectivity index (χ3n) is 2.02. The summed E-state index contributed by atoms with van der Waals surface area (Å²) in [5, 5.41) is 16.2. The Morgan fingerprint density at radius 3 is 2.85 bits per heavy atom. The Labute approximate surface area is 83.2 Å². The number of hydrogen-bond acceptors (Lipinski definition) is 3. The van der Waals surface area contributed by atoms with Crippen LogP contribution in [0.4, 0.5) is 5.69 Å². The van der Waals surface area contributed by atoms with Gasteiger partial charge in [0.1, 0.15) is 0 Å². The molecule has 3 heteroatoms. The number of hydrogen-bond donors (Lipinski definition) is 1. The standard InChI is InChI=1S/C10H14N2S/c1-8(2)9(5-11)6-12-10-3-4-13-7-10/h3-4,7-9,12H,6H2,1-2H3. The van der Waals surface area contributed by atoms with Gasteiger partial charge in [-0.3, -0.25) is 0 Å². The molecule has 0 fully saturated rings. The van der Waals surface area contributed by atoms with E-state index in [0.717, 1.165) is 12.2 Å². The maximum Gasteiger partial charge on any atom is 0.0677 e. The molecule has 0 spiro atoms. The van der Waals surface area contributed by atoms with Gasteiger partial charge in [0, 0.05) is 17.6 Å². The molecular weight excluding hydrogens is 180 g/mol. The first-order chi connectivity index (χ1) is 6.24.